The van der Waals surface area contributed by atoms with Crippen LogP contribution in [0.2, 0.25) is 0 Å². The van der Waals surface area contributed by atoms with Crippen molar-refractivity contribution in [2.75, 3.05) is 13.1 Å². The van der Waals surface area contributed by atoms with E-state index in [4.69, 9.17) is 0 Å². The standard InChI is InChI=1S/C10H21NO/c1-3-9(4-2)11-7-5-10(12)6-8-11/h9-10,12H,3-8H2,1-2H3. The minimum absolute atomic E-state index is 0.0318. The number of rotatable bonds is 3. The van der Waals surface area contributed by atoms with Crippen LogP contribution >= 0.6 is 0 Å². The molecule has 1 rings (SSSR count). The molecule has 0 aromatic rings. The predicted octanol–water partition coefficient (Wildman–Crippen LogP) is 1.63. The van der Waals surface area contributed by atoms with Gasteiger partial charge in [-0.25, -0.2) is 0 Å². The zero-order valence-corrected chi connectivity index (χ0v) is 8.29. The Morgan fingerprint density at radius 3 is 2.17 bits per heavy atom. The molecule has 0 radical (unpaired) electrons. The molecule has 12 heavy (non-hydrogen) atoms. The van der Waals surface area contributed by atoms with Gasteiger partial charge in [-0.2, -0.15) is 0 Å². The Hall–Kier alpha value is -0.0800. The van der Waals surface area contributed by atoms with Crippen LogP contribution in [0.1, 0.15) is 39.5 Å². The molecule has 0 bridgehead atoms. The second kappa shape index (κ2) is 4.83. The third kappa shape index (κ3) is 2.46. The predicted molar refractivity (Wildman–Crippen MR) is 51.2 cm³/mol. The molecule has 0 spiro atoms. The van der Waals surface area contributed by atoms with Gasteiger partial charge in [0.15, 0.2) is 0 Å². The zero-order chi connectivity index (χ0) is 8.97. The maximum atomic E-state index is 9.33. The fourth-order valence-corrected chi connectivity index (χ4v) is 2.06. The Labute approximate surface area is 75.6 Å². The molecule has 1 saturated heterocycles. The number of hydrogen-bond acceptors (Lipinski definition) is 2. The van der Waals surface area contributed by atoms with Crippen LogP contribution in [0.5, 0.6) is 0 Å². The van der Waals surface area contributed by atoms with Crippen molar-refractivity contribution in [3.8, 4) is 0 Å². The van der Waals surface area contributed by atoms with Crippen molar-refractivity contribution in [2.45, 2.75) is 51.7 Å². The molecule has 0 unspecified atom stereocenters. The summed E-state index contributed by atoms with van der Waals surface area (Å²) in [5.41, 5.74) is 0. The van der Waals surface area contributed by atoms with E-state index in [1.165, 1.54) is 12.8 Å². The molecule has 1 fully saturated rings. The lowest BCUT2D eigenvalue weighted by molar-refractivity contribution is 0.0585. The fraction of sp³-hybridized carbons (Fsp3) is 1.00. The van der Waals surface area contributed by atoms with Gasteiger partial charge in [0.25, 0.3) is 0 Å². The highest BCUT2D eigenvalue weighted by molar-refractivity contribution is 4.76. The molecule has 0 saturated carbocycles. The Kier molecular flexibility index (Phi) is 4.02. The van der Waals surface area contributed by atoms with Crippen molar-refractivity contribution in [3.05, 3.63) is 0 Å². The van der Waals surface area contributed by atoms with Crippen LogP contribution in [-0.2, 0) is 0 Å². The largest absolute Gasteiger partial charge is 0.393 e. The van der Waals surface area contributed by atoms with Gasteiger partial charge in [-0.05, 0) is 25.7 Å². The van der Waals surface area contributed by atoms with Crippen LogP contribution in [0.15, 0.2) is 0 Å². The number of hydrogen-bond donors (Lipinski definition) is 1. The van der Waals surface area contributed by atoms with Crippen molar-refractivity contribution in [3.63, 3.8) is 0 Å². The molecule has 1 heterocycles. The molecule has 0 aliphatic carbocycles. The maximum Gasteiger partial charge on any atom is 0.0564 e. The van der Waals surface area contributed by atoms with Gasteiger partial charge >= 0.3 is 0 Å². The third-order valence-electron chi connectivity index (χ3n) is 2.96. The van der Waals surface area contributed by atoms with Crippen molar-refractivity contribution in [2.24, 2.45) is 0 Å². The highest BCUT2D eigenvalue weighted by Gasteiger charge is 2.21. The summed E-state index contributed by atoms with van der Waals surface area (Å²) in [5, 5.41) is 9.33. The van der Waals surface area contributed by atoms with Crippen LogP contribution in [0, 0.1) is 0 Å². The van der Waals surface area contributed by atoms with E-state index in [-0.39, 0.29) is 6.10 Å². The number of piperidine rings is 1. The zero-order valence-electron chi connectivity index (χ0n) is 8.29. The lowest BCUT2D eigenvalue weighted by Gasteiger charge is -2.35. The SMILES string of the molecule is CCC(CC)N1CCC(O)CC1. The Bertz CT molecular complexity index is 115. The first-order valence-electron chi connectivity index (χ1n) is 5.20. The molecule has 0 aromatic carbocycles. The van der Waals surface area contributed by atoms with E-state index in [9.17, 15) is 5.11 Å². The molecular weight excluding hydrogens is 150 g/mol. The first-order chi connectivity index (χ1) is 5.77. The minimum Gasteiger partial charge on any atom is -0.393 e. The van der Waals surface area contributed by atoms with Crippen LogP contribution in [0.25, 0.3) is 0 Å². The Morgan fingerprint density at radius 2 is 1.75 bits per heavy atom. The van der Waals surface area contributed by atoms with Crippen molar-refractivity contribution >= 4 is 0 Å². The summed E-state index contributed by atoms with van der Waals surface area (Å²) in [6.45, 7) is 6.68. The molecule has 0 amide bonds. The van der Waals surface area contributed by atoms with E-state index in [1.807, 2.05) is 0 Å². The first kappa shape index (κ1) is 10.0. The fourth-order valence-electron chi connectivity index (χ4n) is 2.06. The molecule has 2 heteroatoms. The Morgan fingerprint density at radius 1 is 1.25 bits per heavy atom. The topological polar surface area (TPSA) is 23.5 Å². The molecular formula is C10H21NO. The molecule has 72 valence electrons. The third-order valence-corrected chi connectivity index (χ3v) is 2.96. The van der Waals surface area contributed by atoms with Gasteiger partial charge in [0.05, 0.1) is 6.10 Å². The van der Waals surface area contributed by atoms with Gasteiger partial charge in [-0.15, -0.1) is 0 Å². The molecule has 2 nitrogen and oxygen atoms in total. The van der Waals surface area contributed by atoms with E-state index >= 15 is 0 Å². The molecule has 0 atom stereocenters. The number of nitrogens with zero attached hydrogens (tertiary/aromatic N) is 1. The summed E-state index contributed by atoms with van der Waals surface area (Å²) in [5.74, 6) is 0. The highest BCUT2D eigenvalue weighted by Crippen LogP contribution is 2.16. The quantitative estimate of drug-likeness (QED) is 0.697. The van der Waals surface area contributed by atoms with Gasteiger partial charge in [-0.1, -0.05) is 13.8 Å². The smallest absolute Gasteiger partial charge is 0.0564 e. The lowest BCUT2D eigenvalue weighted by atomic mass is 10.0. The van der Waals surface area contributed by atoms with E-state index in [2.05, 4.69) is 18.7 Å². The summed E-state index contributed by atoms with van der Waals surface area (Å²) < 4.78 is 0. The van der Waals surface area contributed by atoms with Crippen LogP contribution < -0.4 is 0 Å². The lowest BCUT2D eigenvalue weighted by Crippen LogP contribution is -2.42. The first-order valence-corrected chi connectivity index (χ1v) is 5.20. The summed E-state index contributed by atoms with van der Waals surface area (Å²) >= 11 is 0. The van der Waals surface area contributed by atoms with Gasteiger partial charge in [-0.3, -0.25) is 0 Å². The van der Waals surface area contributed by atoms with Gasteiger partial charge in [0.2, 0.25) is 0 Å². The second-order valence-electron chi connectivity index (χ2n) is 3.74. The summed E-state index contributed by atoms with van der Waals surface area (Å²) in [4.78, 5) is 2.52. The molecule has 1 aliphatic rings. The van der Waals surface area contributed by atoms with Gasteiger partial charge < -0.3 is 10.0 Å². The van der Waals surface area contributed by atoms with Crippen LogP contribution in [0.3, 0.4) is 0 Å². The molecule has 0 aromatic heterocycles. The average Bonchev–Trinajstić information content (AvgIpc) is 2.10. The van der Waals surface area contributed by atoms with E-state index in [0.29, 0.717) is 0 Å². The summed E-state index contributed by atoms with van der Waals surface area (Å²) in [6, 6.07) is 0.748. The summed E-state index contributed by atoms with van der Waals surface area (Å²) in [7, 11) is 0. The van der Waals surface area contributed by atoms with Crippen molar-refractivity contribution < 1.29 is 5.11 Å². The normalized spacial score (nSPS) is 22.0. The highest BCUT2D eigenvalue weighted by atomic mass is 16.3. The van der Waals surface area contributed by atoms with E-state index < -0.39 is 0 Å². The number of likely N-dealkylation sites (tertiary alicyclic amines) is 1. The van der Waals surface area contributed by atoms with Crippen LogP contribution in [-0.4, -0.2) is 35.2 Å². The maximum absolute atomic E-state index is 9.33. The Balaban J connectivity index is 2.32. The van der Waals surface area contributed by atoms with E-state index in [0.717, 1.165) is 32.0 Å². The molecule has 1 N–H and O–H groups in total. The second-order valence-corrected chi connectivity index (χ2v) is 3.74. The molecule has 1 aliphatic heterocycles. The monoisotopic (exact) mass is 171 g/mol. The van der Waals surface area contributed by atoms with Gasteiger partial charge in [0.1, 0.15) is 0 Å². The van der Waals surface area contributed by atoms with Crippen molar-refractivity contribution in [1.29, 1.82) is 0 Å². The number of aliphatic hydroxyl groups excluding tert-OH is 1. The van der Waals surface area contributed by atoms with Crippen molar-refractivity contribution in [1.82, 2.24) is 4.90 Å². The van der Waals surface area contributed by atoms with E-state index in [1.54, 1.807) is 0 Å². The number of aliphatic hydroxyl groups is 1. The van der Waals surface area contributed by atoms with Gasteiger partial charge in [0, 0.05) is 19.1 Å². The van der Waals surface area contributed by atoms with Crippen LogP contribution in [0.4, 0.5) is 0 Å². The average molecular weight is 171 g/mol. The minimum atomic E-state index is -0.0318. The summed E-state index contributed by atoms with van der Waals surface area (Å²) in [6.07, 6.45) is 4.39.